The molecule has 1 N–H and O–H groups in total. The highest BCUT2D eigenvalue weighted by atomic mass is 16.5. The van der Waals surface area contributed by atoms with Gasteiger partial charge < -0.3 is 24.6 Å². The molecule has 3 aromatic carbocycles. The fraction of sp³-hybridized carbons (Fsp3) is 0.242. The zero-order valence-electron chi connectivity index (χ0n) is 23.5. The van der Waals surface area contributed by atoms with Crippen LogP contribution in [0.1, 0.15) is 16.7 Å². The number of β-lactam (4-membered cyclic amide) rings is 1. The van der Waals surface area contributed by atoms with Crippen LogP contribution in [-0.2, 0) is 29.1 Å². The molecular formula is C33H34N4O4. The number of methoxy groups -OCH3 is 2. The largest absolute Gasteiger partial charge is 0.497 e. The lowest BCUT2D eigenvalue weighted by Gasteiger charge is -2.38. The second-order valence-corrected chi connectivity index (χ2v) is 10.1. The van der Waals surface area contributed by atoms with Crippen LogP contribution in [0.25, 0.3) is 0 Å². The van der Waals surface area contributed by atoms with E-state index in [4.69, 9.17) is 14.5 Å². The van der Waals surface area contributed by atoms with Gasteiger partial charge in [0.05, 0.1) is 20.1 Å². The summed E-state index contributed by atoms with van der Waals surface area (Å²) < 4.78 is 10.6. The third-order valence-corrected chi connectivity index (χ3v) is 7.43. The molecule has 210 valence electrons. The smallest absolute Gasteiger partial charge is 0.250 e. The van der Waals surface area contributed by atoms with Crippen molar-refractivity contribution in [3.05, 3.63) is 114 Å². The van der Waals surface area contributed by atoms with Gasteiger partial charge in [-0.15, -0.1) is 0 Å². The van der Waals surface area contributed by atoms with Crippen molar-refractivity contribution < 1.29 is 19.1 Å². The van der Waals surface area contributed by atoms with E-state index in [2.05, 4.69) is 10.2 Å². The van der Waals surface area contributed by atoms with Crippen molar-refractivity contribution in [2.45, 2.75) is 25.6 Å². The van der Waals surface area contributed by atoms with Gasteiger partial charge in [-0.05, 0) is 71.6 Å². The number of carbonyl (C=O) groups is 2. The standard InChI is InChI=1S/C33H34N4O4/c1-36(26-7-5-4-6-8-26)33(39)31-29(32(38)35-31)19-25-17-18-34-30(20-25)37(21-23-9-13-27(40-2)14-10-23)22-24-11-15-28(41-3)16-12-24/h4-18,20,29,31H,19,21-22H2,1-3H3,(H,35,38)/t29-,31+/m1/s1. The van der Waals surface area contributed by atoms with Gasteiger partial charge in [-0.3, -0.25) is 9.59 Å². The van der Waals surface area contributed by atoms with Crippen molar-refractivity contribution in [3.8, 4) is 11.5 Å². The maximum Gasteiger partial charge on any atom is 0.250 e. The molecule has 1 fully saturated rings. The molecule has 1 saturated heterocycles. The van der Waals surface area contributed by atoms with E-state index in [1.807, 2.05) is 91.0 Å². The van der Waals surface area contributed by atoms with Crippen molar-refractivity contribution in [3.63, 3.8) is 0 Å². The van der Waals surface area contributed by atoms with Gasteiger partial charge >= 0.3 is 0 Å². The van der Waals surface area contributed by atoms with E-state index in [0.29, 0.717) is 19.5 Å². The van der Waals surface area contributed by atoms with Crippen LogP contribution in [0.2, 0.25) is 0 Å². The maximum absolute atomic E-state index is 13.2. The molecule has 0 spiro atoms. The first-order valence-electron chi connectivity index (χ1n) is 13.5. The lowest BCUT2D eigenvalue weighted by Crippen LogP contribution is -2.65. The van der Waals surface area contributed by atoms with E-state index in [1.165, 1.54) is 0 Å². The van der Waals surface area contributed by atoms with Gasteiger partial charge in [0.2, 0.25) is 11.8 Å². The zero-order valence-corrected chi connectivity index (χ0v) is 23.5. The number of likely N-dealkylation sites (N-methyl/N-ethyl adjacent to an activating group) is 1. The van der Waals surface area contributed by atoms with Crippen LogP contribution in [0.15, 0.2) is 97.2 Å². The molecule has 0 unspecified atom stereocenters. The SMILES string of the molecule is COc1ccc(CN(Cc2ccc(OC)cc2)c2cc(C[C@H]3C(=O)N[C@@H]3C(=O)N(C)c3ccccc3)ccn2)cc1. The molecule has 4 aromatic rings. The molecule has 41 heavy (non-hydrogen) atoms. The van der Waals surface area contributed by atoms with Gasteiger partial charge in [-0.2, -0.15) is 0 Å². The number of hydrogen-bond donors (Lipinski definition) is 1. The number of pyridine rings is 1. The molecule has 0 saturated carbocycles. The number of rotatable bonds is 11. The lowest BCUT2D eigenvalue weighted by molar-refractivity contribution is -0.142. The van der Waals surface area contributed by atoms with E-state index in [0.717, 1.165) is 39.7 Å². The van der Waals surface area contributed by atoms with Crippen LogP contribution >= 0.6 is 0 Å². The van der Waals surface area contributed by atoms with Crippen molar-refractivity contribution in [1.29, 1.82) is 0 Å². The summed E-state index contributed by atoms with van der Waals surface area (Å²) in [6.45, 7) is 1.25. The Balaban J connectivity index is 1.35. The van der Waals surface area contributed by atoms with E-state index in [9.17, 15) is 9.59 Å². The number of nitrogens with one attached hydrogen (secondary N) is 1. The Morgan fingerprint density at radius 2 is 1.41 bits per heavy atom. The van der Waals surface area contributed by atoms with Gasteiger partial charge in [-0.1, -0.05) is 42.5 Å². The third kappa shape index (κ3) is 6.49. The Labute approximate surface area is 240 Å². The predicted octanol–water partition coefficient (Wildman–Crippen LogP) is 4.63. The number of aromatic nitrogens is 1. The molecule has 5 rings (SSSR count). The second-order valence-electron chi connectivity index (χ2n) is 10.1. The van der Waals surface area contributed by atoms with Crippen LogP contribution in [-0.4, -0.2) is 44.1 Å². The maximum atomic E-state index is 13.2. The van der Waals surface area contributed by atoms with Crippen LogP contribution in [0.5, 0.6) is 11.5 Å². The molecule has 0 bridgehead atoms. The Bertz CT molecular complexity index is 1430. The van der Waals surface area contributed by atoms with E-state index >= 15 is 0 Å². The number of ether oxygens (including phenoxy) is 2. The summed E-state index contributed by atoms with van der Waals surface area (Å²) in [5.41, 5.74) is 3.96. The Kier molecular flexibility index (Phi) is 8.48. The molecular weight excluding hydrogens is 516 g/mol. The molecule has 0 radical (unpaired) electrons. The van der Waals surface area contributed by atoms with Gasteiger partial charge in [0.25, 0.3) is 0 Å². The molecule has 1 aromatic heterocycles. The van der Waals surface area contributed by atoms with E-state index < -0.39 is 12.0 Å². The summed E-state index contributed by atoms with van der Waals surface area (Å²) in [7, 11) is 5.04. The Morgan fingerprint density at radius 3 is 1.95 bits per heavy atom. The topological polar surface area (TPSA) is 84.0 Å². The molecule has 1 aliphatic heterocycles. The molecule has 1 aliphatic rings. The number of benzene rings is 3. The molecule has 8 heteroatoms. The Morgan fingerprint density at radius 1 is 0.829 bits per heavy atom. The minimum absolute atomic E-state index is 0.114. The number of carbonyl (C=O) groups excluding carboxylic acids is 2. The summed E-state index contributed by atoms with van der Waals surface area (Å²) in [5.74, 6) is 1.71. The zero-order chi connectivity index (χ0) is 28.8. The van der Waals surface area contributed by atoms with Crippen molar-refractivity contribution in [1.82, 2.24) is 10.3 Å². The molecule has 8 nitrogen and oxygen atoms in total. The van der Waals surface area contributed by atoms with E-state index in [-0.39, 0.29) is 11.8 Å². The first-order valence-corrected chi connectivity index (χ1v) is 13.5. The minimum Gasteiger partial charge on any atom is -0.497 e. The number of anilines is 2. The summed E-state index contributed by atoms with van der Waals surface area (Å²) in [4.78, 5) is 34.3. The van der Waals surface area contributed by atoms with Crippen LogP contribution in [0.3, 0.4) is 0 Å². The average molecular weight is 551 g/mol. The molecule has 2 atom stereocenters. The predicted molar refractivity (Wildman–Crippen MR) is 159 cm³/mol. The summed E-state index contributed by atoms with van der Waals surface area (Å²) in [5, 5.41) is 2.81. The third-order valence-electron chi connectivity index (χ3n) is 7.43. The van der Waals surface area contributed by atoms with Crippen LogP contribution in [0.4, 0.5) is 11.5 Å². The van der Waals surface area contributed by atoms with Gasteiger partial charge in [0, 0.05) is 32.0 Å². The number of para-hydroxylation sites is 1. The summed E-state index contributed by atoms with van der Waals surface area (Å²) in [6.07, 6.45) is 2.21. The highest BCUT2D eigenvalue weighted by molar-refractivity contribution is 6.06. The normalized spacial score (nSPS) is 15.8. The minimum atomic E-state index is -0.570. The first kappa shape index (κ1) is 27.7. The summed E-state index contributed by atoms with van der Waals surface area (Å²) >= 11 is 0. The fourth-order valence-corrected chi connectivity index (χ4v) is 4.98. The average Bonchev–Trinajstić information content (AvgIpc) is 3.02. The van der Waals surface area contributed by atoms with Crippen LogP contribution < -0.4 is 24.6 Å². The molecule has 2 heterocycles. The van der Waals surface area contributed by atoms with Gasteiger partial charge in [0.1, 0.15) is 23.4 Å². The van der Waals surface area contributed by atoms with E-state index in [1.54, 1.807) is 32.4 Å². The monoisotopic (exact) mass is 550 g/mol. The Hall–Kier alpha value is -4.85. The van der Waals surface area contributed by atoms with Crippen molar-refractivity contribution in [2.24, 2.45) is 5.92 Å². The first-order chi connectivity index (χ1) is 19.9. The highest BCUT2D eigenvalue weighted by Gasteiger charge is 2.45. The molecule has 2 amide bonds. The summed E-state index contributed by atoms with van der Waals surface area (Å²) in [6, 6.07) is 28.8. The quantitative estimate of drug-likeness (QED) is 0.274. The second kappa shape index (κ2) is 12.6. The number of amides is 2. The number of hydrogen-bond acceptors (Lipinski definition) is 6. The highest BCUT2D eigenvalue weighted by Crippen LogP contribution is 2.27. The fourth-order valence-electron chi connectivity index (χ4n) is 4.98. The number of nitrogens with zero attached hydrogens (tertiary/aromatic N) is 3. The van der Waals surface area contributed by atoms with Gasteiger partial charge in [0.15, 0.2) is 0 Å². The lowest BCUT2D eigenvalue weighted by atomic mass is 9.84. The van der Waals surface area contributed by atoms with Crippen LogP contribution in [0, 0.1) is 5.92 Å². The molecule has 0 aliphatic carbocycles. The van der Waals surface area contributed by atoms with Gasteiger partial charge in [-0.25, -0.2) is 4.98 Å². The van der Waals surface area contributed by atoms with Crippen molar-refractivity contribution >= 4 is 23.3 Å². The van der Waals surface area contributed by atoms with Crippen molar-refractivity contribution in [2.75, 3.05) is 31.1 Å².